The molecule has 0 saturated heterocycles. The minimum Gasteiger partial charge on any atom is -0.504 e. The first-order valence-electron chi connectivity index (χ1n) is 4.67. The van der Waals surface area contributed by atoms with Gasteiger partial charge < -0.3 is 10.8 Å². The van der Waals surface area contributed by atoms with Gasteiger partial charge in [0.1, 0.15) is 0 Å². The lowest BCUT2D eigenvalue weighted by atomic mass is 9.94. The van der Waals surface area contributed by atoms with Crippen molar-refractivity contribution in [2.75, 3.05) is 0 Å². The summed E-state index contributed by atoms with van der Waals surface area (Å²) in [4.78, 5) is 0. The molecule has 4 heteroatoms. The summed E-state index contributed by atoms with van der Waals surface area (Å²) in [5, 5.41) is 9.50. The van der Waals surface area contributed by atoms with E-state index in [9.17, 15) is 9.50 Å². The van der Waals surface area contributed by atoms with Crippen LogP contribution in [-0.2, 0) is 6.42 Å². The van der Waals surface area contributed by atoms with Crippen molar-refractivity contribution in [1.82, 2.24) is 0 Å². The number of hydrogen-bond acceptors (Lipinski definition) is 2. The van der Waals surface area contributed by atoms with Gasteiger partial charge in [0.25, 0.3) is 0 Å². The standard InChI is InChI=1S/C11H15BrFNO/c1-6-4-7(5-11(2,3)14)9(13)10(15)8(6)12/h4,15H,5,14H2,1-3H3. The lowest BCUT2D eigenvalue weighted by Crippen LogP contribution is -2.34. The molecule has 0 spiro atoms. The highest BCUT2D eigenvalue weighted by Gasteiger charge is 2.19. The van der Waals surface area contributed by atoms with E-state index in [1.54, 1.807) is 13.0 Å². The normalized spacial score (nSPS) is 11.9. The molecule has 1 aromatic carbocycles. The van der Waals surface area contributed by atoms with Crippen LogP contribution in [0.5, 0.6) is 5.75 Å². The van der Waals surface area contributed by atoms with Crippen molar-refractivity contribution < 1.29 is 9.50 Å². The molecule has 0 aliphatic carbocycles. The smallest absolute Gasteiger partial charge is 0.169 e. The van der Waals surface area contributed by atoms with Gasteiger partial charge in [-0.2, -0.15) is 0 Å². The third-order valence-corrected chi connectivity index (χ3v) is 3.08. The zero-order valence-electron chi connectivity index (χ0n) is 9.06. The first kappa shape index (κ1) is 12.5. The summed E-state index contributed by atoms with van der Waals surface area (Å²) < 4.78 is 14.0. The third-order valence-electron chi connectivity index (χ3n) is 2.08. The number of halogens is 2. The minimum atomic E-state index is -0.592. The molecular weight excluding hydrogens is 261 g/mol. The molecule has 0 aliphatic rings. The van der Waals surface area contributed by atoms with Crippen molar-refractivity contribution in [2.24, 2.45) is 5.73 Å². The topological polar surface area (TPSA) is 46.2 Å². The number of rotatable bonds is 2. The van der Waals surface area contributed by atoms with Gasteiger partial charge in [-0.1, -0.05) is 6.07 Å². The number of phenolic OH excluding ortho intramolecular Hbond substituents is 1. The van der Waals surface area contributed by atoms with Gasteiger partial charge in [-0.05, 0) is 54.2 Å². The molecule has 0 unspecified atom stereocenters. The van der Waals surface area contributed by atoms with E-state index in [1.807, 2.05) is 13.8 Å². The second-order valence-electron chi connectivity index (χ2n) is 4.49. The van der Waals surface area contributed by atoms with Crippen LogP contribution in [0.25, 0.3) is 0 Å². The number of phenols is 1. The highest BCUT2D eigenvalue weighted by atomic mass is 79.9. The predicted octanol–water partition coefficient (Wildman–Crippen LogP) is 2.88. The summed E-state index contributed by atoms with van der Waals surface area (Å²) in [6, 6.07) is 1.70. The van der Waals surface area contributed by atoms with E-state index in [0.29, 0.717) is 16.5 Å². The van der Waals surface area contributed by atoms with Gasteiger partial charge >= 0.3 is 0 Å². The molecular formula is C11H15BrFNO. The fourth-order valence-corrected chi connectivity index (χ4v) is 1.73. The van der Waals surface area contributed by atoms with Crippen molar-refractivity contribution in [3.63, 3.8) is 0 Å². The summed E-state index contributed by atoms with van der Waals surface area (Å²) in [6.45, 7) is 5.44. The SMILES string of the molecule is Cc1cc(CC(C)(C)N)c(F)c(O)c1Br. The van der Waals surface area contributed by atoms with Gasteiger partial charge in [0, 0.05) is 5.54 Å². The van der Waals surface area contributed by atoms with Crippen molar-refractivity contribution in [2.45, 2.75) is 32.7 Å². The summed E-state index contributed by atoms with van der Waals surface area (Å²) in [5.41, 5.74) is 6.57. The van der Waals surface area contributed by atoms with E-state index in [4.69, 9.17) is 5.73 Å². The maximum absolute atomic E-state index is 13.6. The maximum Gasteiger partial charge on any atom is 0.169 e. The lowest BCUT2D eigenvalue weighted by molar-refractivity contribution is 0.417. The first-order chi connectivity index (χ1) is 6.72. The Morgan fingerprint density at radius 2 is 2.07 bits per heavy atom. The second-order valence-corrected chi connectivity index (χ2v) is 5.29. The van der Waals surface area contributed by atoms with Crippen LogP contribution < -0.4 is 5.73 Å². The summed E-state index contributed by atoms with van der Waals surface area (Å²) in [5.74, 6) is -0.930. The van der Waals surface area contributed by atoms with E-state index < -0.39 is 11.4 Å². The first-order valence-corrected chi connectivity index (χ1v) is 5.47. The fourth-order valence-electron chi connectivity index (χ4n) is 1.44. The van der Waals surface area contributed by atoms with Gasteiger partial charge in [-0.3, -0.25) is 0 Å². The number of benzene rings is 1. The van der Waals surface area contributed by atoms with Crippen molar-refractivity contribution in [3.8, 4) is 5.75 Å². The Kier molecular flexibility index (Phi) is 3.41. The third kappa shape index (κ3) is 2.92. The Hall–Kier alpha value is -0.610. The van der Waals surface area contributed by atoms with E-state index in [1.165, 1.54) is 0 Å². The maximum atomic E-state index is 13.6. The average molecular weight is 276 g/mol. The Morgan fingerprint density at radius 3 is 2.53 bits per heavy atom. The molecule has 0 heterocycles. The molecule has 0 atom stereocenters. The molecule has 0 aromatic heterocycles. The van der Waals surface area contributed by atoms with Crippen molar-refractivity contribution >= 4 is 15.9 Å². The van der Waals surface area contributed by atoms with Crippen LogP contribution in [0.4, 0.5) is 4.39 Å². The van der Waals surface area contributed by atoms with Gasteiger partial charge in [0.05, 0.1) is 4.47 Å². The Morgan fingerprint density at radius 1 is 1.53 bits per heavy atom. The molecule has 2 nitrogen and oxygen atoms in total. The Bertz CT molecular complexity index is 385. The summed E-state index contributed by atoms with van der Waals surface area (Å²) >= 11 is 3.12. The Labute approximate surface area is 97.4 Å². The highest BCUT2D eigenvalue weighted by Crippen LogP contribution is 2.33. The predicted molar refractivity (Wildman–Crippen MR) is 62.5 cm³/mol. The van der Waals surface area contributed by atoms with E-state index >= 15 is 0 Å². The molecule has 0 aliphatic heterocycles. The highest BCUT2D eigenvalue weighted by molar-refractivity contribution is 9.10. The zero-order chi connectivity index (χ0) is 11.8. The summed E-state index contributed by atoms with van der Waals surface area (Å²) in [7, 11) is 0. The molecule has 0 amide bonds. The fraction of sp³-hybridized carbons (Fsp3) is 0.455. The molecule has 0 fully saturated rings. The van der Waals surface area contributed by atoms with Crippen LogP contribution >= 0.6 is 15.9 Å². The van der Waals surface area contributed by atoms with E-state index in [-0.39, 0.29) is 5.75 Å². The number of aryl methyl sites for hydroxylation is 1. The molecule has 0 bridgehead atoms. The quantitative estimate of drug-likeness (QED) is 0.872. The average Bonchev–Trinajstić information content (AvgIpc) is 2.08. The molecule has 15 heavy (non-hydrogen) atoms. The molecule has 3 N–H and O–H groups in total. The number of nitrogens with two attached hydrogens (primary N) is 1. The van der Waals surface area contributed by atoms with Crippen LogP contribution in [0.1, 0.15) is 25.0 Å². The van der Waals surface area contributed by atoms with E-state index in [0.717, 1.165) is 5.56 Å². The van der Waals surface area contributed by atoms with Crippen molar-refractivity contribution in [3.05, 3.63) is 27.5 Å². The lowest BCUT2D eigenvalue weighted by Gasteiger charge is -2.19. The molecule has 0 radical (unpaired) electrons. The van der Waals surface area contributed by atoms with Crippen LogP contribution in [0.2, 0.25) is 0 Å². The van der Waals surface area contributed by atoms with Gasteiger partial charge in [0.15, 0.2) is 11.6 Å². The number of aromatic hydroxyl groups is 1. The molecule has 1 aromatic rings. The molecule has 84 valence electrons. The largest absolute Gasteiger partial charge is 0.504 e. The van der Waals surface area contributed by atoms with Crippen LogP contribution in [0.3, 0.4) is 0 Å². The van der Waals surface area contributed by atoms with E-state index in [2.05, 4.69) is 15.9 Å². The van der Waals surface area contributed by atoms with Crippen LogP contribution in [0.15, 0.2) is 10.5 Å². The zero-order valence-corrected chi connectivity index (χ0v) is 10.7. The second kappa shape index (κ2) is 4.10. The Balaban J connectivity index is 3.21. The number of hydrogen-bond donors (Lipinski definition) is 2. The van der Waals surface area contributed by atoms with Gasteiger partial charge in [-0.15, -0.1) is 0 Å². The van der Waals surface area contributed by atoms with Crippen LogP contribution in [0, 0.1) is 12.7 Å². The van der Waals surface area contributed by atoms with Crippen LogP contribution in [-0.4, -0.2) is 10.6 Å². The van der Waals surface area contributed by atoms with Gasteiger partial charge in [-0.25, -0.2) is 4.39 Å². The molecule has 1 rings (SSSR count). The molecule has 0 saturated carbocycles. The monoisotopic (exact) mass is 275 g/mol. The summed E-state index contributed by atoms with van der Waals surface area (Å²) in [6.07, 6.45) is 0.389. The van der Waals surface area contributed by atoms with Crippen molar-refractivity contribution in [1.29, 1.82) is 0 Å². The minimum absolute atomic E-state index is 0.339. The van der Waals surface area contributed by atoms with Gasteiger partial charge in [0.2, 0.25) is 0 Å².